The first-order chi connectivity index (χ1) is 10.2. The van der Waals surface area contributed by atoms with E-state index in [1.54, 1.807) is 11.3 Å². The number of carbonyl (C=O) groups is 1. The third-order valence-corrected chi connectivity index (χ3v) is 5.03. The lowest BCUT2D eigenvalue weighted by atomic mass is 10.1. The number of likely N-dealkylation sites (tertiary alicyclic amines) is 1. The van der Waals surface area contributed by atoms with Gasteiger partial charge in [0.05, 0.1) is 6.04 Å². The molecule has 1 unspecified atom stereocenters. The van der Waals surface area contributed by atoms with Crippen LogP contribution in [-0.4, -0.2) is 17.4 Å². The Balaban J connectivity index is 1.61. The number of rotatable bonds is 4. The van der Waals surface area contributed by atoms with Gasteiger partial charge in [-0.3, -0.25) is 4.79 Å². The maximum absolute atomic E-state index is 12.5. The second-order valence-corrected chi connectivity index (χ2v) is 6.48. The average molecular weight is 300 g/mol. The maximum Gasteiger partial charge on any atom is 0.223 e. The van der Waals surface area contributed by atoms with E-state index in [0.29, 0.717) is 12.5 Å². The van der Waals surface area contributed by atoms with Crippen molar-refractivity contribution >= 4 is 22.9 Å². The zero-order chi connectivity index (χ0) is 14.7. The lowest BCUT2D eigenvalue weighted by Gasteiger charge is -2.24. The Kier molecular flexibility index (Phi) is 4.25. The molecule has 0 radical (unpaired) electrons. The first-order valence-electron chi connectivity index (χ1n) is 7.41. The predicted molar refractivity (Wildman–Crippen MR) is 87.2 cm³/mol. The number of carbonyl (C=O) groups excluding carboxylic acids is 1. The Morgan fingerprint density at radius 1 is 1.29 bits per heavy atom. The zero-order valence-electron chi connectivity index (χ0n) is 12.0. The lowest BCUT2D eigenvalue weighted by Crippen LogP contribution is -2.30. The van der Waals surface area contributed by atoms with E-state index in [1.165, 1.54) is 10.4 Å². The van der Waals surface area contributed by atoms with Crippen molar-refractivity contribution in [1.82, 2.24) is 4.90 Å². The van der Waals surface area contributed by atoms with E-state index in [2.05, 4.69) is 22.4 Å². The van der Waals surface area contributed by atoms with Crippen LogP contribution in [0.25, 0.3) is 0 Å². The summed E-state index contributed by atoms with van der Waals surface area (Å²) in [6, 6.07) is 12.3. The number of nitrogens with zero attached hydrogens (tertiary/aromatic N) is 1. The van der Waals surface area contributed by atoms with Crippen molar-refractivity contribution in [3.05, 3.63) is 52.2 Å². The Morgan fingerprint density at radius 2 is 2.10 bits per heavy atom. The van der Waals surface area contributed by atoms with Crippen LogP contribution in [0, 0.1) is 0 Å². The molecule has 1 aliphatic rings. The largest absolute Gasteiger partial charge is 0.399 e. The normalized spacial score (nSPS) is 18.1. The van der Waals surface area contributed by atoms with Crippen molar-refractivity contribution in [1.29, 1.82) is 0 Å². The summed E-state index contributed by atoms with van der Waals surface area (Å²) in [4.78, 5) is 15.9. The summed E-state index contributed by atoms with van der Waals surface area (Å²) in [6.07, 6.45) is 3.56. The molecule has 3 nitrogen and oxygen atoms in total. The van der Waals surface area contributed by atoms with Gasteiger partial charge in [-0.25, -0.2) is 0 Å². The molecule has 4 heteroatoms. The third-order valence-electron chi connectivity index (χ3n) is 4.05. The summed E-state index contributed by atoms with van der Waals surface area (Å²) in [5.74, 6) is 0.266. The molecule has 0 aliphatic carbocycles. The van der Waals surface area contributed by atoms with Gasteiger partial charge in [0.25, 0.3) is 0 Å². The minimum Gasteiger partial charge on any atom is -0.399 e. The number of amides is 1. The minimum atomic E-state index is 0.266. The van der Waals surface area contributed by atoms with Gasteiger partial charge < -0.3 is 10.6 Å². The van der Waals surface area contributed by atoms with Gasteiger partial charge in [-0.15, -0.1) is 11.3 Å². The van der Waals surface area contributed by atoms with Crippen LogP contribution in [0.5, 0.6) is 0 Å². The van der Waals surface area contributed by atoms with Crippen LogP contribution in [0.1, 0.15) is 35.7 Å². The fourth-order valence-corrected chi connectivity index (χ4v) is 3.79. The standard InChI is InChI=1S/C17H20N2OS/c18-14-8-5-13(6-9-14)7-10-17(20)19-11-1-3-15(19)16-4-2-12-21-16/h2,4-6,8-9,12,15H,1,3,7,10-11,18H2. The van der Waals surface area contributed by atoms with E-state index < -0.39 is 0 Å². The fourth-order valence-electron chi connectivity index (χ4n) is 2.92. The molecule has 0 saturated carbocycles. The Morgan fingerprint density at radius 3 is 2.81 bits per heavy atom. The summed E-state index contributed by atoms with van der Waals surface area (Å²) in [7, 11) is 0. The van der Waals surface area contributed by atoms with Crippen LogP contribution in [0.15, 0.2) is 41.8 Å². The van der Waals surface area contributed by atoms with E-state index in [9.17, 15) is 4.79 Å². The van der Waals surface area contributed by atoms with Crippen LogP contribution in [0.2, 0.25) is 0 Å². The highest BCUT2D eigenvalue weighted by Gasteiger charge is 2.29. The lowest BCUT2D eigenvalue weighted by molar-refractivity contribution is -0.132. The second-order valence-electron chi connectivity index (χ2n) is 5.50. The molecule has 1 saturated heterocycles. The molecule has 1 fully saturated rings. The van der Waals surface area contributed by atoms with Crippen LogP contribution >= 0.6 is 11.3 Å². The number of benzene rings is 1. The molecule has 0 bridgehead atoms. The summed E-state index contributed by atoms with van der Waals surface area (Å²) in [5, 5.41) is 2.09. The van der Waals surface area contributed by atoms with Crippen LogP contribution in [0.4, 0.5) is 5.69 Å². The van der Waals surface area contributed by atoms with E-state index >= 15 is 0 Å². The number of aryl methyl sites for hydroxylation is 1. The SMILES string of the molecule is Nc1ccc(CCC(=O)N2CCCC2c2cccs2)cc1. The molecule has 1 aliphatic heterocycles. The summed E-state index contributed by atoms with van der Waals surface area (Å²) >= 11 is 1.75. The van der Waals surface area contributed by atoms with E-state index in [1.807, 2.05) is 24.3 Å². The highest BCUT2D eigenvalue weighted by molar-refractivity contribution is 7.10. The highest BCUT2D eigenvalue weighted by Crippen LogP contribution is 2.34. The Hall–Kier alpha value is -1.81. The molecular formula is C17H20N2OS. The van der Waals surface area contributed by atoms with E-state index in [-0.39, 0.29) is 5.91 Å². The molecule has 2 N–H and O–H groups in total. The number of hydrogen-bond donors (Lipinski definition) is 1. The first-order valence-corrected chi connectivity index (χ1v) is 8.29. The van der Waals surface area contributed by atoms with Gasteiger partial charge in [0.15, 0.2) is 0 Å². The smallest absolute Gasteiger partial charge is 0.223 e. The molecule has 3 rings (SSSR count). The maximum atomic E-state index is 12.5. The molecule has 1 aromatic carbocycles. The number of hydrogen-bond acceptors (Lipinski definition) is 3. The van der Waals surface area contributed by atoms with Gasteiger partial charge in [-0.05, 0) is 48.4 Å². The molecule has 1 amide bonds. The summed E-state index contributed by atoms with van der Waals surface area (Å²) < 4.78 is 0. The molecule has 2 aromatic rings. The molecule has 0 spiro atoms. The highest BCUT2D eigenvalue weighted by atomic mass is 32.1. The van der Waals surface area contributed by atoms with Crippen molar-refractivity contribution in [3.63, 3.8) is 0 Å². The van der Waals surface area contributed by atoms with Gasteiger partial charge in [-0.1, -0.05) is 18.2 Å². The van der Waals surface area contributed by atoms with Crippen LogP contribution in [0.3, 0.4) is 0 Å². The zero-order valence-corrected chi connectivity index (χ0v) is 12.8. The Bertz CT molecular complexity index is 592. The van der Waals surface area contributed by atoms with E-state index in [4.69, 9.17) is 5.73 Å². The predicted octanol–water partition coefficient (Wildman–Crippen LogP) is 3.63. The molecular weight excluding hydrogens is 280 g/mol. The molecule has 110 valence electrons. The number of nitrogens with two attached hydrogens (primary N) is 1. The quantitative estimate of drug-likeness (QED) is 0.877. The summed E-state index contributed by atoms with van der Waals surface area (Å²) in [5.41, 5.74) is 7.62. The minimum absolute atomic E-state index is 0.266. The fraction of sp³-hybridized carbons (Fsp3) is 0.353. The van der Waals surface area contributed by atoms with Crippen molar-refractivity contribution < 1.29 is 4.79 Å². The number of anilines is 1. The Labute approximate surface area is 129 Å². The third kappa shape index (κ3) is 3.27. The van der Waals surface area contributed by atoms with Crippen molar-refractivity contribution in [2.75, 3.05) is 12.3 Å². The monoisotopic (exact) mass is 300 g/mol. The molecule has 1 atom stereocenters. The average Bonchev–Trinajstić information content (AvgIpc) is 3.16. The van der Waals surface area contributed by atoms with Gasteiger partial charge >= 0.3 is 0 Å². The van der Waals surface area contributed by atoms with Crippen molar-refractivity contribution in [3.8, 4) is 0 Å². The molecule has 21 heavy (non-hydrogen) atoms. The molecule has 1 aromatic heterocycles. The molecule has 2 heterocycles. The topological polar surface area (TPSA) is 46.3 Å². The van der Waals surface area contributed by atoms with Gasteiger partial charge in [0.1, 0.15) is 0 Å². The number of nitrogen functional groups attached to an aromatic ring is 1. The first kappa shape index (κ1) is 14.1. The number of thiophene rings is 1. The van der Waals surface area contributed by atoms with Crippen LogP contribution < -0.4 is 5.73 Å². The van der Waals surface area contributed by atoms with Gasteiger partial charge in [0.2, 0.25) is 5.91 Å². The van der Waals surface area contributed by atoms with Gasteiger partial charge in [-0.2, -0.15) is 0 Å². The van der Waals surface area contributed by atoms with Crippen molar-refractivity contribution in [2.24, 2.45) is 0 Å². The van der Waals surface area contributed by atoms with Crippen LogP contribution in [-0.2, 0) is 11.2 Å². The van der Waals surface area contributed by atoms with Gasteiger partial charge in [0, 0.05) is 23.5 Å². The summed E-state index contributed by atoms with van der Waals surface area (Å²) in [6.45, 7) is 0.892. The van der Waals surface area contributed by atoms with E-state index in [0.717, 1.165) is 31.5 Å². The second kappa shape index (κ2) is 6.31. The van der Waals surface area contributed by atoms with Crippen molar-refractivity contribution in [2.45, 2.75) is 31.7 Å².